The molecule has 19 heavy (non-hydrogen) atoms. The molecule has 2 atom stereocenters. The van der Waals surface area contributed by atoms with Crippen LogP contribution in [0.15, 0.2) is 29.4 Å². The van der Waals surface area contributed by atoms with Crippen molar-refractivity contribution in [2.75, 3.05) is 0 Å². The van der Waals surface area contributed by atoms with Crippen LogP contribution in [0.1, 0.15) is 25.0 Å². The Bertz CT molecular complexity index is 556. The predicted molar refractivity (Wildman–Crippen MR) is 67.4 cm³/mol. The van der Waals surface area contributed by atoms with E-state index in [4.69, 9.17) is 0 Å². The Kier molecular flexibility index (Phi) is 3.57. The third-order valence-corrected chi connectivity index (χ3v) is 3.10. The molecule has 7 nitrogen and oxygen atoms in total. The first-order valence-corrected chi connectivity index (χ1v) is 5.74. The number of hydrogen-bond acceptors (Lipinski definition) is 5. The van der Waals surface area contributed by atoms with Crippen molar-refractivity contribution in [1.29, 1.82) is 0 Å². The first kappa shape index (κ1) is 13.2. The van der Waals surface area contributed by atoms with Crippen LogP contribution in [0.4, 0.5) is 5.69 Å². The topological polar surface area (TPSA) is 105 Å². The molecule has 0 aromatic heterocycles. The molecule has 1 aromatic rings. The van der Waals surface area contributed by atoms with Crippen LogP contribution in [-0.4, -0.2) is 21.6 Å². The quantitative estimate of drug-likeness (QED) is 0.630. The molecule has 0 saturated carbocycles. The Morgan fingerprint density at radius 2 is 2.32 bits per heavy atom. The highest BCUT2D eigenvalue weighted by Crippen LogP contribution is 2.29. The van der Waals surface area contributed by atoms with Gasteiger partial charge in [-0.05, 0) is 12.5 Å². The summed E-state index contributed by atoms with van der Waals surface area (Å²) in [4.78, 5) is 21.5. The van der Waals surface area contributed by atoms with E-state index in [0.29, 0.717) is 11.3 Å². The number of aliphatic hydroxyl groups is 1. The summed E-state index contributed by atoms with van der Waals surface area (Å²) in [7, 11) is 0. The Morgan fingerprint density at radius 3 is 3.00 bits per heavy atom. The second-order valence-corrected chi connectivity index (χ2v) is 4.40. The molecule has 2 N–H and O–H groups in total. The van der Waals surface area contributed by atoms with Crippen molar-refractivity contribution in [3.05, 3.63) is 39.9 Å². The number of rotatable bonds is 3. The number of hydrogen-bond donors (Lipinski definition) is 2. The van der Waals surface area contributed by atoms with Crippen molar-refractivity contribution in [3.63, 3.8) is 0 Å². The van der Waals surface area contributed by atoms with E-state index in [1.807, 2.05) is 0 Å². The van der Waals surface area contributed by atoms with E-state index in [0.717, 1.165) is 0 Å². The van der Waals surface area contributed by atoms with Crippen molar-refractivity contribution in [1.82, 2.24) is 5.43 Å². The summed E-state index contributed by atoms with van der Waals surface area (Å²) < 4.78 is 0. The lowest BCUT2D eigenvalue weighted by Gasteiger charge is -2.25. The molecule has 7 heteroatoms. The van der Waals surface area contributed by atoms with Crippen LogP contribution in [0.2, 0.25) is 0 Å². The van der Waals surface area contributed by atoms with Gasteiger partial charge in [0.25, 0.3) is 5.69 Å². The number of amides is 1. The zero-order valence-corrected chi connectivity index (χ0v) is 10.2. The third-order valence-electron chi connectivity index (χ3n) is 3.10. The minimum Gasteiger partial charge on any atom is -0.388 e. The monoisotopic (exact) mass is 263 g/mol. The van der Waals surface area contributed by atoms with Crippen LogP contribution < -0.4 is 5.43 Å². The number of benzene rings is 1. The number of hydrazone groups is 1. The van der Waals surface area contributed by atoms with Crippen molar-refractivity contribution < 1.29 is 14.8 Å². The SMILES string of the molecule is CC1=NNC(=O)C[C@H]1[C@H](O)c1cccc([N+](=O)[O-])c1. The first-order valence-electron chi connectivity index (χ1n) is 5.74. The number of carbonyl (C=O) groups is 1. The molecule has 0 radical (unpaired) electrons. The molecular formula is C12H13N3O4. The molecule has 1 heterocycles. The smallest absolute Gasteiger partial charge is 0.269 e. The fourth-order valence-corrected chi connectivity index (χ4v) is 2.02. The fourth-order valence-electron chi connectivity index (χ4n) is 2.02. The Labute approximate surface area is 109 Å². The molecule has 0 spiro atoms. The van der Waals surface area contributed by atoms with Gasteiger partial charge < -0.3 is 5.11 Å². The highest BCUT2D eigenvalue weighted by atomic mass is 16.6. The van der Waals surface area contributed by atoms with E-state index in [1.165, 1.54) is 18.2 Å². The Morgan fingerprint density at radius 1 is 1.58 bits per heavy atom. The zero-order chi connectivity index (χ0) is 14.0. The van der Waals surface area contributed by atoms with Gasteiger partial charge in [0.05, 0.1) is 11.0 Å². The highest BCUT2D eigenvalue weighted by molar-refractivity contribution is 5.93. The molecule has 0 bridgehead atoms. The van der Waals surface area contributed by atoms with Gasteiger partial charge in [0.2, 0.25) is 5.91 Å². The summed E-state index contributed by atoms with van der Waals surface area (Å²) in [5.41, 5.74) is 3.24. The number of nitro benzene ring substituents is 1. The maximum Gasteiger partial charge on any atom is 0.269 e. The van der Waals surface area contributed by atoms with Gasteiger partial charge in [-0.2, -0.15) is 5.10 Å². The van der Waals surface area contributed by atoms with Crippen LogP contribution in [0, 0.1) is 16.0 Å². The van der Waals surface area contributed by atoms with E-state index >= 15 is 0 Å². The van der Waals surface area contributed by atoms with Gasteiger partial charge in [-0.1, -0.05) is 12.1 Å². The van der Waals surface area contributed by atoms with Crippen LogP contribution in [0.25, 0.3) is 0 Å². The second-order valence-electron chi connectivity index (χ2n) is 4.40. The molecule has 100 valence electrons. The van der Waals surface area contributed by atoms with Crippen molar-refractivity contribution in [2.45, 2.75) is 19.4 Å². The van der Waals surface area contributed by atoms with E-state index in [2.05, 4.69) is 10.5 Å². The molecule has 0 unspecified atom stereocenters. The van der Waals surface area contributed by atoms with Crippen molar-refractivity contribution in [3.8, 4) is 0 Å². The van der Waals surface area contributed by atoms with Gasteiger partial charge in [-0.3, -0.25) is 14.9 Å². The van der Waals surface area contributed by atoms with Crippen LogP contribution in [0.3, 0.4) is 0 Å². The lowest BCUT2D eigenvalue weighted by molar-refractivity contribution is -0.385. The maximum atomic E-state index is 11.3. The molecule has 0 saturated heterocycles. The average Bonchev–Trinajstić information content (AvgIpc) is 2.41. The normalized spacial score (nSPS) is 20.4. The summed E-state index contributed by atoms with van der Waals surface area (Å²) >= 11 is 0. The van der Waals surface area contributed by atoms with Gasteiger partial charge in [-0.25, -0.2) is 5.43 Å². The Hall–Kier alpha value is -2.28. The van der Waals surface area contributed by atoms with Crippen molar-refractivity contribution >= 4 is 17.3 Å². The third kappa shape index (κ3) is 2.76. The lowest BCUT2D eigenvalue weighted by atomic mass is 9.88. The van der Waals surface area contributed by atoms with Crippen LogP contribution in [0.5, 0.6) is 0 Å². The van der Waals surface area contributed by atoms with E-state index in [9.17, 15) is 20.0 Å². The number of non-ortho nitro benzene ring substituents is 1. The minimum atomic E-state index is -0.991. The van der Waals surface area contributed by atoms with Gasteiger partial charge >= 0.3 is 0 Å². The van der Waals surface area contributed by atoms with Crippen molar-refractivity contribution in [2.24, 2.45) is 11.0 Å². The first-order chi connectivity index (χ1) is 8.99. The predicted octanol–water partition coefficient (Wildman–Crippen LogP) is 1.14. The maximum absolute atomic E-state index is 11.3. The summed E-state index contributed by atoms with van der Waals surface area (Å²) in [5.74, 6) is -0.740. The molecule has 0 aliphatic carbocycles. The minimum absolute atomic E-state index is 0.0913. The standard InChI is InChI=1S/C12H13N3O4/c1-7-10(6-11(16)14-13-7)12(17)8-3-2-4-9(5-8)15(18)19/h2-5,10,12,17H,6H2,1H3,(H,14,16)/t10-,12-/m1/s1. The molecule has 1 amide bonds. The van der Waals surface area contributed by atoms with Crippen LogP contribution >= 0.6 is 0 Å². The number of nitro groups is 1. The van der Waals surface area contributed by atoms with E-state index in [1.54, 1.807) is 13.0 Å². The molecule has 0 fully saturated rings. The van der Waals surface area contributed by atoms with Gasteiger partial charge in [0, 0.05) is 30.2 Å². The summed E-state index contributed by atoms with van der Waals surface area (Å²) in [6.07, 6.45) is -0.881. The molecular weight excluding hydrogens is 250 g/mol. The summed E-state index contributed by atoms with van der Waals surface area (Å²) in [6.45, 7) is 1.70. The summed E-state index contributed by atoms with van der Waals surface area (Å²) in [6, 6.07) is 5.76. The number of aliphatic hydroxyl groups excluding tert-OH is 1. The Balaban J connectivity index is 2.28. The number of nitrogens with one attached hydrogen (secondary N) is 1. The van der Waals surface area contributed by atoms with E-state index < -0.39 is 16.9 Å². The molecule has 2 rings (SSSR count). The zero-order valence-electron chi connectivity index (χ0n) is 10.2. The lowest BCUT2D eigenvalue weighted by Crippen LogP contribution is -2.34. The van der Waals surface area contributed by atoms with Gasteiger partial charge in [0.1, 0.15) is 0 Å². The van der Waals surface area contributed by atoms with E-state index in [-0.39, 0.29) is 18.0 Å². The molecule has 1 aromatic carbocycles. The largest absolute Gasteiger partial charge is 0.388 e. The van der Waals surface area contributed by atoms with Gasteiger partial charge in [0.15, 0.2) is 0 Å². The second kappa shape index (κ2) is 5.15. The van der Waals surface area contributed by atoms with Crippen LogP contribution in [-0.2, 0) is 4.79 Å². The number of nitrogens with zero attached hydrogens (tertiary/aromatic N) is 2. The number of carbonyl (C=O) groups excluding carboxylic acids is 1. The summed E-state index contributed by atoms with van der Waals surface area (Å²) in [5, 5.41) is 24.8. The molecule has 1 aliphatic heterocycles. The highest BCUT2D eigenvalue weighted by Gasteiger charge is 2.29. The average molecular weight is 263 g/mol. The molecule has 1 aliphatic rings. The fraction of sp³-hybridized carbons (Fsp3) is 0.333. The van der Waals surface area contributed by atoms with Gasteiger partial charge in [-0.15, -0.1) is 0 Å².